The highest BCUT2D eigenvalue weighted by Gasteiger charge is 1.99. The Labute approximate surface area is 80.8 Å². The summed E-state index contributed by atoms with van der Waals surface area (Å²) in [6.45, 7) is 11.6. The number of nitrogens with one attached hydrogen (secondary N) is 1. The van der Waals surface area contributed by atoms with Crippen LogP contribution in [0.15, 0.2) is 41.1 Å². The first kappa shape index (κ1) is 11.7. The Kier molecular flexibility index (Phi) is 4.82. The fourth-order valence-corrected chi connectivity index (χ4v) is 0.924. The van der Waals surface area contributed by atoms with Crippen LogP contribution in [-0.2, 0) is 0 Å². The van der Waals surface area contributed by atoms with Crippen LogP contribution < -0.4 is 5.32 Å². The normalized spacial score (nSPS) is 12.6. The van der Waals surface area contributed by atoms with Gasteiger partial charge in [-0.05, 0) is 31.1 Å². The molecule has 0 rings (SSSR count). The molecule has 2 nitrogen and oxygen atoms in total. The summed E-state index contributed by atoms with van der Waals surface area (Å²) in [6.07, 6.45) is 1.95. The molecule has 1 N–H and O–H groups in total. The van der Waals surface area contributed by atoms with Crippen molar-refractivity contribution in [1.29, 1.82) is 0 Å². The Morgan fingerprint density at radius 3 is 2.00 bits per heavy atom. The van der Waals surface area contributed by atoms with E-state index in [0.29, 0.717) is 0 Å². The van der Waals surface area contributed by atoms with Crippen molar-refractivity contribution in [3.05, 3.63) is 36.1 Å². The minimum atomic E-state index is 0.896. The lowest BCUT2D eigenvalue weighted by molar-refractivity contribution is 1.00. The Bertz CT molecular complexity index is 270. The van der Waals surface area contributed by atoms with E-state index in [-0.39, 0.29) is 0 Å². The Morgan fingerprint density at radius 1 is 1.23 bits per heavy atom. The van der Waals surface area contributed by atoms with Crippen molar-refractivity contribution < 1.29 is 0 Å². The first-order valence-electron chi connectivity index (χ1n) is 4.21. The van der Waals surface area contributed by atoms with Gasteiger partial charge in [-0.25, -0.2) is 0 Å². The van der Waals surface area contributed by atoms with Gasteiger partial charge in [0.05, 0.1) is 5.71 Å². The third-order valence-corrected chi connectivity index (χ3v) is 1.69. The lowest BCUT2D eigenvalue weighted by Gasteiger charge is -2.07. The molecule has 0 aromatic heterocycles. The summed E-state index contributed by atoms with van der Waals surface area (Å²) in [5.74, 6) is 0. The molecule has 0 atom stereocenters. The van der Waals surface area contributed by atoms with E-state index in [9.17, 15) is 0 Å². The summed E-state index contributed by atoms with van der Waals surface area (Å²) in [5.41, 5.74) is 3.83. The topological polar surface area (TPSA) is 24.4 Å². The number of rotatable bonds is 4. The zero-order chi connectivity index (χ0) is 10.4. The Morgan fingerprint density at radius 2 is 1.77 bits per heavy atom. The minimum Gasteiger partial charge on any atom is -0.388 e. The maximum Gasteiger partial charge on any atom is 0.0614 e. The molecule has 0 aliphatic carbocycles. The molecule has 0 spiro atoms. The number of aliphatic imine (C=N–C) groups is 1. The van der Waals surface area contributed by atoms with Crippen molar-refractivity contribution >= 4 is 5.71 Å². The second-order valence-corrected chi connectivity index (χ2v) is 2.98. The van der Waals surface area contributed by atoms with Gasteiger partial charge in [0.25, 0.3) is 0 Å². The van der Waals surface area contributed by atoms with Crippen molar-refractivity contribution in [3.63, 3.8) is 0 Å². The molecule has 0 fully saturated rings. The zero-order valence-electron chi connectivity index (χ0n) is 8.94. The van der Waals surface area contributed by atoms with E-state index in [1.54, 1.807) is 7.05 Å². The summed E-state index contributed by atoms with van der Waals surface area (Å²) >= 11 is 0. The number of allylic oxidation sites excluding steroid dienone is 3. The van der Waals surface area contributed by atoms with Gasteiger partial charge in [-0.3, -0.25) is 4.99 Å². The summed E-state index contributed by atoms with van der Waals surface area (Å²) in [7, 11) is 3.62. The van der Waals surface area contributed by atoms with Gasteiger partial charge in [0, 0.05) is 19.8 Å². The summed E-state index contributed by atoms with van der Waals surface area (Å²) < 4.78 is 0. The van der Waals surface area contributed by atoms with E-state index in [1.165, 1.54) is 0 Å². The first-order valence-corrected chi connectivity index (χ1v) is 4.21. The lowest BCUT2D eigenvalue weighted by Crippen LogP contribution is -2.09. The molecule has 0 radical (unpaired) electrons. The van der Waals surface area contributed by atoms with Crippen LogP contribution in [0.3, 0.4) is 0 Å². The van der Waals surface area contributed by atoms with Crippen molar-refractivity contribution in [2.24, 2.45) is 4.99 Å². The van der Waals surface area contributed by atoms with Crippen LogP contribution in [0.5, 0.6) is 0 Å². The van der Waals surface area contributed by atoms with Crippen molar-refractivity contribution in [3.8, 4) is 0 Å². The molecular formula is C11H18N2. The summed E-state index contributed by atoms with van der Waals surface area (Å²) in [5, 5.41) is 3.06. The SMILES string of the molecule is C=C(C)C(/C=C(\NC)C(=C)C)=NC. The quantitative estimate of drug-likeness (QED) is 0.518. The molecule has 0 saturated heterocycles. The molecule has 0 aliphatic heterocycles. The van der Waals surface area contributed by atoms with Crippen LogP contribution in [0.2, 0.25) is 0 Å². The van der Waals surface area contributed by atoms with Crippen molar-refractivity contribution in [1.82, 2.24) is 5.32 Å². The molecule has 0 aromatic carbocycles. The average Bonchev–Trinajstić information content (AvgIpc) is 2.05. The number of nitrogens with zero attached hydrogens (tertiary/aromatic N) is 1. The van der Waals surface area contributed by atoms with E-state index in [1.807, 2.05) is 27.0 Å². The highest BCUT2D eigenvalue weighted by molar-refractivity contribution is 6.08. The zero-order valence-corrected chi connectivity index (χ0v) is 8.94. The third kappa shape index (κ3) is 3.74. The van der Waals surface area contributed by atoms with Crippen LogP contribution in [0.1, 0.15) is 13.8 Å². The Balaban J connectivity index is 4.87. The molecule has 0 amide bonds. The molecule has 13 heavy (non-hydrogen) atoms. The molecule has 72 valence electrons. The van der Waals surface area contributed by atoms with E-state index < -0.39 is 0 Å². The van der Waals surface area contributed by atoms with Crippen LogP contribution in [0.25, 0.3) is 0 Å². The van der Waals surface area contributed by atoms with Crippen LogP contribution in [-0.4, -0.2) is 19.8 Å². The predicted octanol–water partition coefficient (Wildman–Crippen LogP) is 2.31. The maximum atomic E-state index is 4.12. The smallest absolute Gasteiger partial charge is 0.0614 e. The summed E-state index contributed by atoms with van der Waals surface area (Å²) in [6, 6.07) is 0. The average molecular weight is 178 g/mol. The standard InChI is InChI=1S/C11H18N2/c1-8(2)10(12-5)7-11(13-6)9(3)4/h7,12H,1,3H2,2,4-6H3/b10-7-,13-11?. The highest BCUT2D eigenvalue weighted by atomic mass is 14.8. The second kappa shape index (κ2) is 5.36. The molecule has 0 unspecified atom stereocenters. The maximum absolute atomic E-state index is 4.12. The van der Waals surface area contributed by atoms with Gasteiger partial charge < -0.3 is 5.32 Å². The van der Waals surface area contributed by atoms with Gasteiger partial charge in [0.2, 0.25) is 0 Å². The fourth-order valence-electron chi connectivity index (χ4n) is 0.924. The van der Waals surface area contributed by atoms with Gasteiger partial charge in [0.15, 0.2) is 0 Å². The molecule has 0 aromatic rings. The van der Waals surface area contributed by atoms with Crippen LogP contribution in [0.4, 0.5) is 0 Å². The highest BCUT2D eigenvalue weighted by Crippen LogP contribution is 2.05. The van der Waals surface area contributed by atoms with E-state index in [0.717, 1.165) is 22.6 Å². The first-order chi connectivity index (χ1) is 6.02. The molecule has 2 heteroatoms. The Hall–Kier alpha value is -1.31. The third-order valence-electron chi connectivity index (χ3n) is 1.69. The minimum absolute atomic E-state index is 0.896. The van der Waals surface area contributed by atoms with Gasteiger partial charge in [-0.2, -0.15) is 0 Å². The van der Waals surface area contributed by atoms with E-state index in [4.69, 9.17) is 0 Å². The van der Waals surface area contributed by atoms with Crippen molar-refractivity contribution in [2.45, 2.75) is 13.8 Å². The van der Waals surface area contributed by atoms with Crippen molar-refractivity contribution in [2.75, 3.05) is 14.1 Å². The van der Waals surface area contributed by atoms with Crippen LogP contribution in [0, 0.1) is 0 Å². The number of hydrogen-bond acceptors (Lipinski definition) is 2. The van der Waals surface area contributed by atoms with Gasteiger partial charge in [-0.15, -0.1) is 0 Å². The molecule has 0 bridgehead atoms. The van der Waals surface area contributed by atoms with Gasteiger partial charge in [0.1, 0.15) is 0 Å². The summed E-state index contributed by atoms with van der Waals surface area (Å²) in [4.78, 5) is 4.12. The van der Waals surface area contributed by atoms with Gasteiger partial charge in [-0.1, -0.05) is 13.2 Å². The van der Waals surface area contributed by atoms with E-state index in [2.05, 4.69) is 23.5 Å². The number of hydrogen-bond donors (Lipinski definition) is 1. The number of likely N-dealkylation sites (N-methyl/N-ethyl adjacent to an activating group) is 1. The fraction of sp³-hybridized carbons (Fsp3) is 0.364. The van der Waals surface area contributed by atoms with Crippen LogP contribution >= 0.6 is 0 Å². The van der Waals surface area contributed by atoms with E-state index >= 15 is 0 Å². The predicted molar refractivity (Wildman–Crippen MR) is 60.1 cm³/mol. The molecule has 0 heterocycles. The molecule has 0 aliphatic rings. The largest absolute Gasteiger partial charge is 0.388 e. The second-order valence-electron chi connectivity index (χ2n) is 2.98. The monoisotopic (exact) mass is 178 g/mol. The van der Waals surface area contributed by atoms with Gasteiger partial charge >= 0.3 is 0 Å². The molecular weight excluding hydrogens is 160 g/mol. The lowest BCUT2D eigenvalue weighted by atomic mass is 10.1. The molecule has 0 saturated carbocycles.